The minimum absolute atomic E-state index is 0.0576. The van der Waals surface area contributed by atoms with Gasteiger partial charge in [0.1, 0.15) is 5.69 Å². The Morgan fingerprint density at radius 1 is 1.25 bits per heavy atom. The minimum Gasteiger partial charge on any atom is -0.472 e. The molecule has 2 aliphatic rings. The van der Waals surface area contributed by atoms with E-state index in [0.29, 0.717) is 0 Å². The maximum absolute atomic E-state index is 12.6. The molecule has 6 heteroatoms. The van der Waals surface area contributed by atoms with Crippen LogP contribution in [-0.2, 0) is 0 Å². The first-order valence-electron chi connectivity index (χ1n) is 8.78. The molecule has 4 nitrogen and oxygen atoms in total. The fraction of sp³-hybridized carbons (Fsp3) is 0.667. The molecule has 24 heavy (non-hydrogen) atoms. The van der Waals surface area contributed by atoms with Gasteiger partial charge in [0.2, 0.25) is 5.88 Å². The van der Waals surface area contributed by atoms with Crippen molar-refractivity contribution in [2.75, 3.05) is 6.61 Å². The van der Waals surface area contributed by atoms with Gasteiger partial charge < -0.3 is 10.1 Å². The zero-order valence-electron chi connectivity index (χ0n) is 13.8. The number of ether oxygens (including phenoxy) is 1. The number of nitrogens with one attached hydrogen (secondary N) is 1. The van der Waals surface area contributed by atoms with E-state index >= 15 is 0 Å². The van der Waals surface area contributed by atoms with Gasteiger partial charge in [-0.1, -0.05) is 31.7 Å². The summed E-state index contributed by atoms with van der Waals surface area (Å²) in [6, 6.07) is 4.87. The van der Waals surface area contributed by atoms with Crippen LogP contribution >= 0.6 is 0 Å². The van der Waals surface area contributed by atoms with Gasteiger partial charge in [0.25, 0.3) is 12.3 Å². The lowest BCUT2D eigenvalue weighted by atomic mass is 9.69. The molecule has 0 saturated heterocycles. The molecule has 1 heterocycles. The molecule has 1 spiro atoms. The van der Waals surface area contributed by atoms with Crippen molar-refractivity contribution in [3.63, 3.8) is 0 Å². The highest BCUT2D eigenvalue weighted by molar-refractivity contribution is 5.92. The Balaban J connectivity index is 1.66. The molecule has 2 fully saturated rings. The van der Waals surface area contributed by atoms with E-state index < -0.39 is 13.0 Å². The predicted molar refractivity (Wildman–Crippen MR) is 86.4 cm³/mol. The molecule has 2 saturated carbocycles. The average molecular weight is 338 g/mol. The summed E-state index contributed by atoms with van der Waals surface area (Å²) in [5.74, 6) is -0.183. The quantitative estimate of drug-likeness (QED) is 0.884. The molecule has 1 N–H and O–H groups in total. The Morgan fingerprint density at radius 2 is 1.96 bits per heavy atom. The smallest absolute Gasteiger partial charge is 0.272 e. The Bertz CT molecular complexity index is 574. The number of amides is 1. The zero-order chi connectivity index (χ0) is 17.0. The first kappa shape index (κ1) is 17.1. The Kier molecular flexibility index (Phi) is 5.31. The molecular formula is C18H24F2N2O2. The van der Waals surface area contributed by atoms with Crippen molar-refractivity contribution < 1.29 is 18.3 Å². The summed E-state index contributed by atoms with van der Waals surface area (Å²) in [4.78, 5) is 16.6. The molecule has 1 aromatic heterocycles. The molecule has 1 atom stereocenters. The first-order valence-corrected chi connectivity index (χ1v) is 8.78. The summed E-state index contributed by atoms with van der Waals surface area (Å²) in [5, 5.41) is 3.15. The van der Waals surface area contributed by atoms with E-state index in [2.05, 4.69) is 10.3 Å². The van der Waals surface area contributed by atoms with Crippen LogP contribution in [0.2, 0.25) is 0 Å². The van der Waals surface area contributed by atoms with Gasteiger partial charge in [-0.3, -0.25) is 4.79 Å². The molecule has 0 aromatic carbocycles. The molecule has 0 bridgehead atoms. The van der Waals surface area contributed by atoms with Crippen molar-refractivity contribution in [2.45, 2.75) is 63.8 Å². The number of nitrogens with zero attached hydrogens (tertiary/aromatic N) is 1. The van der Waals surface area contributed by atoms with E-state index in [0.717, 1.165) is 12.8 Å². The molecule has 0 radical (unpaired) electrons. The topological polar surface area (TPSA) is 51.2 Å². The monoisotopic (exact) mass is 338 g/mol. The third-order valence-corrected chi connectivity index (χ3v) is 5.37. The number of rotatable bonds is 5. The van der Waals surface area contributed by atoms with Crippen LogP contribution in [0.1, 0.15) is 61.9 Å². The lowest BCUT2D eigenvalue weighted by Gasteiger charge is -2.42. The Morgan fingerprint density at radius 3 is 2.67 bits per heavy atom. The molecule has 1 unspecified atom stereocenters. The second-order valence-electron chi connectivity index (χ2n) is 6.90. The van der Waals surface area contributed by atoms with Gasteiger partial charge in [-0.2, -0.15) is 0 Å². The van der Waals surface area contributed by atoms with Gasteiger partial charge in [-0.25, -0.2) is 13.8 Å². The van der Waals surface area contributed by atoms with Crippen molar-refractivity contribution in [3.8, 4) is 5.88 Å². The number of hydrogen-bond acceptors (Lipinski definition) is 3. The van der Waals surface area contributed by atoms with Crippen LogP contribution in [-0.4, -0.2) is 30.0 Å². The second-order valence-corrected chi connectivity index (χ2v) is 6.90. The van der Waals surface area contributed by atoms with Crippen molar-refractivity contribution in [1.29, 1.82) is 0 Å². The normalized spacial score (nSPS) is 22.7. The highest BCUT2D eigenvalue weighted by atomic mass is 19.3. The van der Waals surface area contributed by atoms with Crippen molar-refractivity contribution >= 4 is 5.91 Å². The molecule has 2 aliphatic carbocycles. The van der Waals surface area contributed by atoms with Crippen molar-refractivity contribution in [3.05, 3.63) is 23.9 Å². The summed E-state index contributed by atoms with van der Waals surface area (Å²) < 4.78 is 29.4. The number of pyridine rings is 1. The van der Waals surface area contributed by atoms with Gasteiger partial charge in [0, 0.05) is 12.1 Å². The number of halogens is 2. The number of carbonyl (C=O) groups is 1. The number of hydrogen-bond donors (Lipinski definition) is 1. The summed E-state index contributed by atoms with van der Waals surface area (Å²) in [6.45, 7) is -0.718. The average Bonchev–Trinajstić information content (AvgIpc) is 3.04. The van der Waals surface area contributed by atoms with Crippen LogP contribution in [0.3, 0.4) is 0 Å². The number of carbonyl (C=O) groups excluding carboxylic acids is 1. The maximum Gasteiger partial charge on any atom is 0.272 e. The molecule has 1 aromatic rings. The third-order valence-electron chi connectivity index (χ3n) is 5.37. The molecule has 3 rings (SSSR count). The van der Waals surface area contributed by atoms with Gasteiger partial charge in [0.15, 0.2) is 6.61 Å². The molecule has 1 amide bonds. The van der Waals surface area contributed by atoms with E-state index in [9.17, 15) is 13.6 Å². The van der Waals surface area contributed by atoms with Crippen LogP contribution < -0.4 is 10.1 Å². The molecular weight excluding hydrogens is 314 g/mol. The Hall–Kier alpha value is -1.72. The Labute approximate surface area is 141 Å². The third kappa shape index (κ3) is 3.84. The lowest BCUT2D eigenvalue weighted by Crippen LogP contribution is -2.48. The zero-order valence-corrected chi connectivity index (χ0v) is 13.8. The summed E-state index contributed by atoms with van der Waals surface area (Å²) in [5.41, 5.74) is 0.470. The van der Waals surface area contributed by atoms with E-state index in [1.165, 1.54) is 44.6 Å². The van der Waals surface area contributed by atoms with Crippen molar-refractivity contribution in [1.82, 2.24) is 10.3 Å². The van der Waals surface area contributed by atoms with Crippen molar-refractivity contribution in [2.24, 2.45) is 5.41 Å². The maximum atomic E-state index is 12.6. The van der Waals surface area contributed by atoms with Crippen LogP contribution in [0.5, 0.6) is 5.88 Å². The van der Waals surface area contributed by atoms with Crippen LogP contribution in [0.15, 0.2) is 18.2 Å². The predicted octanol–water partition coefficient (Wildman–Crippen LogP) is 3.96. The van der Waals surface area contributed by atoms with E-state index in [4.69, 9.17) is 4.74 Å². The number of alkyl halides is 2. The highest BCUT2D eigenvalue weighted by Crippen LogP contribution is 2.49. The summed E-state index contributed by atoms with van der Waals surface area (Å²) >= 11 is 0. The van der Waals surface area contributed by atoms with Gasteiger partial charge in [0.05, 0.1) is 0 Å². The van der Waals surface area contributed by atoms with E-state index in [1.54, 1.807) is 12.1 Å². The fourth-order valence-electron chi connectivity index (χ4n) is 4.21. The number of aromatic nitrogens is 1. The van der Waals surface area contributed by atoms with Crippen LogP contribution in [0.25, 0.3) is 0 Å². The summed E-state index contributed by atoms with van der Waals surface area (Å²) in [7, 11) is 0. The SMILES string of the molecule is O=C(NC1CCCCC12CCCC2)c1cccc(OCC(F)F)n1. The lowest BCUT2D eigenvalue weighted by molar-refractivity contribution is 0.0774. The summed E-state index contributed by atoms with van der Waals surface area (Å²) in [6.07, 6.45) is 6.85. The van der Waals surface area contributed by atoms with Gasteiger partial charge in [-0.15, -0.1) is 0 Å². The van der Waals surface area contributed by atoms with Crippen LogP contribution in [0.4, 0.5) is 8.78 Å². The van der Waals surface area contributed by atoms with Crippen LogP contribution in [0, 0.1) is 5.41 Å². The van der Waals surface area contributed by atoms with Gasteiger partial charge in [-0.05, 0) is 37.2 Å². The largest absolute Gasteiger partial charge is 0.472 e. The molecule has 0 aliphatic heterocycles. The van der Waals surface area contributed by atoms with E-state index in [-0.39, 0.29) is 28.9 Å². The fourth-order valence-corrected chi connectivity index (χ4v) is 4.21. The van der Waals surface area contributed by atoms with Gasteiger partial charge >= 0.3 is 0 Å². The highest BCUT2D eigenvalue weighted by Gasteiger charge is 2.43. The second kappa shape index (κ2) is 7.45. The standard InChI is InChI=1S/C18H24F2N2O2/c19-15(20)12-24-16-8-5-6-13(21-16)17(23)22-14-7-1-2-9-18(14)10-3-4-11-18/h5-6,8,14-15H,1-4,7,9-12H2,(H,22,23). The minimum atomic E-state index is -2.56. The molecule has 132 valence electrons. The first-order chi connectivity index (χ1) is 11.6. The van der Waals surface area contributed by atoms with E-state index in [1.807, 2.05) is 0 Å².